The van der Waals surface area contributed by atoms with E-state index in [1.54, 1.807) is 0 Å². The van der Waals surface area contributed by atoms with Crippen LogP contribution in [-0.4, -0.2) is 28.2 Å². The van der Waals surface area contributed by atoms with Crippen LogP contribution < -0.4 is 5.32 Å². The average Bonchev–Trinajstić information content (AvgIpc) is 2.73. The summed E-state index contributed by atoms with van der Waals surface area (Å²) in [5, 5.41) is 11.8. The summed E-state index contributed by atoms with van der Waals surface area (Å²) < 4.78 is 1.60. The van der Waals surface area contributed by atoms with E-state index in [1.165, 1.54) is 29.4 Å². The molecule has 8 heteroatoms. The Balaban J connectivity index is 2.05. The number of hydrogen-bond acceptors (Lipinski definition) is 6. The number of aromatic nitrogens is 2. The number of carbonyl (C=O) groups excluding carboxylic acids is 1. The first-order valence-corrected chi connectivity index (χ1v) is 7.97. The third kappa shape index (κ3) is 3.39. The van der Waals surface area contributed by atoms with Gasteiger partial charge in [0, 0.05) is 12.1 Å². The Morgan fingerprint density at radius 2 is 2.40 bits per heavy atom. The fraction of sp³-hybridized carbons (Fsp3) is 0.333. The van der Waals surface area contributed by atoms with Crippen molar-refractivity contribution in [3.8, 4) is 6.07 Å². The molecule has 0 aliphatic rings. The molecule has 5 nitrogen and oxygen atoms in total. The van der Waals surface area contributed by atoms with E-state index in [4.69, 9.17) is 16.9 Å². The van der Waals surface area contributed by atoms with Crippen molar-refractivity contribution in [1.29, 1.82) is 5.26 Å². The summed E-state index contributed by atoms with van der Waals surface area (Å²) in [6.45, 7) is 2.29. The first kappa shape index (κ1) is 15.0. The maximum Gasteiger partial charge on any atom is 0.230 e. The Morgan fingerprint density at radius 1 is 1.60 bits per heavy atom. The minimum atomic E-state index is -0.114. The second-order valence-electron chi connectivity index (χ2n) is 3.90. The molecule has 1 N–H and O–H groups in total. The first-order chi connectivity index (χ1) is 9.63. The normalized spacial score (nSPS) is 10.4. The highest BCUT2D eigenvalue weighted by atomic mass is 35.5. The summed E-state index contributed by atoms with van der Waals surface area (Å²) in [6.07, 6.45) is 1.79. The quantitative estimate of drug-likeness (QED) is 0.519. The van der Waals surface area contributed by atoms with Crippen molar-refractivity contribution in [2.75, 3.05) is 12.3 Å². The molecular weight excluding hydrogens is 316 g/mol. The van der Waals surface area contributed by atoms with Gasteiger partial charge in [-0.2, -0.15) is 5.26 Å². The molecule has 2 aromatic heterocycles. The fourth-order valence-electron chi connectivity index (χ4n) is 1.52. The smallest absolute Gasteiger partial charge is 0.230 e. The lowest BCUT2D eigenvalue weighted by atomic mass is 10.3. The second kappa shape index (κ2) is 6.88. The molecule has 0 bridgehead atoms. The molecule has 0 unspecified atom stereocenters. The Morgan fingerprint density at radius 3 is 3.15 bits per heavy atom. The van der Waals surface area contributed by atoms with Gasteiger partial charge in [0.05, 0.1) is 32.8 Å². The van der Waals surface area contributed by atoms with Gasteiger partial charge in [0.25, 0.3) is 0 Å². The van der Waals surface area contributed by atoms with Crippen LogP contribution >= 0.6 is 34.7 Å². The molecule has 0 aliphatic heterocycles. The number of nitrogens with one attached hydrogen (secondary N) is 1. The van der Waals surface area contributed by atoms with Crippen LogP contribution in [0.2, 0.25) is 4.34 Å². The van der Waals surface area contributed by atoms with Crippen LogP contribution in [0.4, 0.5) is 0 Å². The molecule has 0 saturated carbocycles. The van der Waals surface area contributed by atoms with Crippen molar-refractivity contribution < 1.29 is 4.79 Å². The molecule has 0 atom stereocenters. The number of fused-ring (bicyclic) bond motifs is 1. The summed E-state index contributed by atoms with van der Waals surface area (Å²) in [4.78, 5) is 20.0. The van der Waals surface area contributed by atoms with E-state index in [1.807, 2.05) is 13.0 Å². The number of amides is 1. The summed E-state index contributed by atoms with van der Waals surface area (Å²) in [6, 6.07) is 1.97. The Kier molecular flexibility index (Phi) is 5.17. The van der Waals surface area contributed by atoms with Gasteiger partial charge in [0.2, 0.25) is 5.91 Å². The number of rotatable bonds is 5. The van der Waals surface area contributed by atoms with E-state index in [2.05, 4.69) is 15.3 Å². The lowest BCUT2D eigenvalue weighted by molar-refractivity contribution is -0.118. The van der Waals surface area contributed by atoms with Crippen LogP contribution in [0.15, 0.2) is 11.4 Å². The molecule has 0 fully saturated rings. The maximum atomic E-state index is 11.6. The predicted octanol–water partition coefficient (Wildman–Crippen LogP) is 2.78. The zero-order valence-corrected chi connectivity index (χ0v) is 13.0. The van der Waals surface area contributed by atoms with E-state index in [-0.39, 0.29) is 11.7 Å². The molecule has 2 rings (SSSR count). The molecule has 0 aliphatic carbocycles. The van der Waals surface area contributed by atoms with Gasteiger partial charge in [-0.25, -0.2) is 9.97 Å². The van der Waals surface area contributed by atoms with Crippen molar-refractivity contribution in [2.24, 2.45) is 0 Å². The van der Waals surface area contributed by atoms with Gasteiger partial charge in [-0.15, -0.1) is 11.3 Å². The van der Waals surface area contributed by atoms with Crippen molar-refractivity contribution in [1.82, 2.24) is 15.3 Å². The molecule has 0 spiro atoms. The van der Waals surface area contributed by atoms with Crippen molar-refractivity contribution >= 4 is 50.8 Å². The first-order valence-electron chi connectivity index (χ1n) is 5.79. The molecule has 20 heavy (non-hydrogen) atoms. The van der Waals surface area contributed by atoms with Crippen LogP contribution in [-0.2, 0) is 4.79 Å². The summed E-state index contributed by atoms with van der Waals surface area (Å²) >= 11 is 8.87. The Hall–Kier alpha value is -1.36. The van der Waals surface area contributed by atoms with Crippen molar-refractivity contribution in [3.63, 3.8) is 0 Å². The summed E-state index contributed by atoms with van der Waals surface area (Å²) in [5.41, 5.74) is 1.77. The number of nitriles is 1. The highest BCUT2D eigenvalue weighted by Gasteiger charge is 2.13. The Bertz CT molecular complexity index is 680. The molecule has 1 amide bonds. The number of carbonyl (C=O) groups is 1. The Labute approximate surface area is 129 Å². The summed E-state index contributed by atoms with van der Waals surface area (Å²) in [5.74, 6) is 0.142. The maximum absolute atomic E-state index is 11.6. The van der Waals surface area contributed by atoms with Crippen LogP contribution in [0.5, 0.6) is 0 Å². The predicted molar refractivity (Wildman–Crippen MR) is 81.1 cm³/mol. The van der Waals surface area contributed by atoms with Gasteiger partial charge in [-0.05, 0) is 6.92 Å². The number of nitrogens with zero attached hydrogens (tertiary/aromatic N) is 3. The largest absolute Gasteiger partial charge is 0.354 e. The van der Waals surface area contributed by atoms with Crippen LogP contribution in [0.1, 0.15) is 12.0 Å². The minimum absolute atomic E-state index is 0.114. The van der Waals surface area contributed by atoms with E-state index in [9.17, 15) is 4.79 Å². The minimum Gasteiger partial charge on any atom is -0.354 e. The van der Waals surface area contributed by atoms with Gasteiger partial charge in [-0.1, -0.05) is 23.4 Å². The average molecular weight is 327 g/mol. The molecule has 2 heterocycles. The highest BCUT2D eigenvalue weighted by Crippen LogP contribution is 2.37. The zero-order valence-electron chi connectivity index (χ0n) is 10.6. The number of thioether (sulfide) groups is 1. The van der Waals surface area contributed by atoms with E-state index < -0.39 is 0 Å². The topological polar surface area (TPSA) is 78.7 Å². The van der Waals surface area contributed by atoms with Gasteiger partial charge in [0.1, 0.15) is 11.4 Å². The van der Waals surface area contributed by atoms with Gasteiger partial charge in [-0.3, -0.25) is 4.79 Å². The van der Waals surface area contributed by atoms with E-state index in [0.717, 1.165) is 20.8 Å². The SMILES string of the molecule is Cc1c(Cl)sc2c(SCC(=O)NCCC#N)ncnc12. The lowest BCUT2D eigenvalue weighted by Crippen LogP contribution is -2.25. The molecular formula is C12H11ClN4OS2. The van der Waals surface area contributed by atoms with Crippen molar-refractivity contribution in [3.05, 3.63) is 16.2 Å². The molecule has 0 saturated heterocycles. The number of hydrogen-bond donors (Lipinski definition) is 1. The van der Waals surface area contributed by atoms with Gasteiger partial charge in [0.15, 0.2) is 0 Å². The summed E-state index contributed by atoms with van der Waals surface area (Å²) in [7, 11) is 0. The number of thiophene rings is 1. The van der Waals surface area contributed by atoms with E-state index >= 15 is 0 Å². The fourth-order valence-corrected chi connectivity index (χ4v) is 3.74. The molecule has 0 aromatic carbocycles. The van der Waals surface area contributed by atoms with Crippen LogP contribution in [0, 0.1) is 18.3 Å². The number of aryl methyl sites for hydroxylation is 1. The van der Waals surface area contributed by atoms with Gasteiger partial charge < -0.3 is 5.32 Å². The monoisotopic (exact) mass is 326 g/mol. The molecule has 2 aromatic rings. The van der Waals surface area contributed by atoms with Gasteiger partial charge >= 0.3 is 0 Å². The highest BCUT2D eigenvalue weighted by molar-refractivity contribution is 8.00. The third-order valence-corrected chi connectivity index (χ3v) is 5.22. The van der Waals surface area contributed by atoms with Crippen molar-refractivity contribution in [2.45, 2.75) is 18.4 Å². The number of halogens is 1. The zero-order chi connectivity index (χ0) is 14.5. The molecule has 104 valence electrons. The van der Waals surface area contributed by atoms with E-state index in [0.29, 0.717) is 17.3 Å². The van der Waals surface area contributed by atoms with Crippen LogP contribution in [0.3, 0.4) is 0 Å². The second-order valence-corrected chi connectivity index (χ2v) is 6.49. The third-order valence-electron chi connectivity index (χ3n) is 2.51. The lowest BCUT2D eigenvalue weighted by Gasteiger charge is -2.03. The standard InChI is InChI=1S/C12H11ClN4OS2/c1-7-9-10(20-11(7)13)12(17-6-16-9)19-5-8(18)15-4-2-3-14/h6H,2,4-5H2,1H3,(H,15,18). The molecule has 0 radical (unpaired) electrons. The van der Waals surface area contributed by atoms with Crippen LogP contribution in [0.25, 0.3) is 10.2 Å².